The van der Waals surface area contributed by atoms with Gasteiger partial charge in [-0.2, -0.15) is 0 Å². The number of amides is 1. The Morgan fingerprint density at radius 3 is 2.93 bits per heavy atom. The zero-order chi connectivity index (χ0) is 10.8. The van der Waals surface area contributed by atoms with E-state index in [2.05, 4.69) is 4.90 Å². The maximum absolute atomic E-state index is 11.9. The van der Waals surface area contributed by atoms with Crippen molar-refractivity contribution >= 4 is 5.91 Å². The average Bonchev–Trinajstić information content (AvgIpc) is 2.60. The number of hydrogen-bond acceptors (Lipinski definition) is 4. The molecule has 2 unspecified atom stereocenters. The second-order valence-electron chi connectivity index (χ2n) is 4.27. The summed E-state index contributed by atoms with van der Waals surface area (Å²) in [5.74, 6) is 0.232. The molecule has 5 nitrogen and oxygen atoms in total. The van der Waals surface area contributed by atoms with E-state index in [0.29, 0.717) is 19.8 Å². The van der Waals surface area contributed by atoms with Crippen LogP contribution in [0.1, 0.15) is 6.42 Å². The van der Waals surface area contributed by atoms with Gasteiger partial charge in [0.2, 0.25) is 5.91 Å². The number of morpholine rings is 1. The maximum Gasteiger partial charge on any atom is 0.239 e. The fourth-order valence-corrected chi connectivity index (χ4v) is 2.39. The summed E-state index contributed by atoms with van der Waals surface area (Å²) in [6, 6.07) is 0.242. The first-order chi connectivity index (χ1) is 7.24. The summed E-state index contributed by atoms with van der Waals surface area (Å²) in [5.41, 5.74) is 5.69. The molecule has 0 aliphatic carbocycles. The lowest BCUT2D eigenvalue weighted by atomic mass is 10.1. The van der Waals surface area contributed by atoms with Crippen LogP contribution in [-0.2, 0) is 9.53 Å². The number of nitrogens with zero attached hydrogens (tertiary/aromatic N) is 2. The lowest BCUT2D eigenvalue weighted by Gasteiger charge is -2.37. The Hall–Kier alpha value is -0.650. The molecule has 0 bridgehead atoms. The molecule has 2 aliphatic heterocycles. The summed E-state index contributed by atoms with van der Waals surface area (Å²) < 4.78 is 5.38. The number of rotatable bonds is 2. The molecular formula is C10H19N3O2. The molecule has 15 heavy (non-hydrogen) atoms. The van der Waals surface area contributed by atoms with E-state index < -0.39 is 0 Å². The molecule has 0 aromatic rings. The number of ether oxygens (including phenoxy) is 1. The number of hydrogen-bond donors (Lipinski definition) is 1. The largest absolute Gasteiger partial charge is 0.378 e. The first-order valence-corrected chi connectivity index (χ1v) is 5.52. The van der Waals surface area contributed by atoms with Crippen LogP contribution in [0.3, 0.4) is 0 Å². The van der Waals surface area contributed by atoms with Gasteiger partial charge in [-0.25, -0.2) is 0 Å². The molecule has 2 rings (SSSR count). The van der Waals surface area contributed by atoms with Gasteiger partial charge in [0, 0.05) is 32.7 Å². The van der Waals surface area contributed by atoms with Crippen molar-refractivity contribution in [2.45, 2.75) is 18.5 Å². The average molecular weight is 213 g/mol. The van der Waals surface area contributed by atoms with Gasteiger partial charge in [0.1, 0.15) is 0 Å². The van der Waals surface area contributed by atoms with Gasteiger partial charge in [-0.1, -0.05) is 0 Å². The summed E-state index contributed by atoms with van der Waals surface area (Å²) in [5, 5.41) is 0. The van der Waals surface area contributed by atoms with Gasteiger partial charge in [-0.3, -0.25) is 9.69 Å². The third kappa shape index (κ3) is 2.00. The van der Waals surface area contributed by atoms with Crippen LogP contribution in [0.15, 0.2) is 0 Å². The van der Waals surface area contributed by atoms with Gasteiger partial charge in [0.25, 0.3) is 0 Å². The van der Waals surface area contributed by atoms with Crippen molar-refractivity contribution in [2.24, 2.45) is 5.73 Å². The molecule has 5 heteroatoms. The van der Waals surface area contributed by atoms with Crippen molar-refractivity contribution in [1.29, 1.82) is 0 Å². The highest BCUT2D eigenvalue weighted by Gasteiger charge is 2.38. The van der Waals surface area contributed by atoms with Gasteiger partial charge in [0.15, 0.2) is 0 Å². The molecule has 0 aromatic carbocycles. The predicted molar refractivity (Wildman–Crippen MR) is 56.4 cm³/mol. The summed E-state index contributed by atoms with van der Waals surface area (Å²) in [6.45, 7) is 3.62. The van der Waals surface area contributed by atoms with Crippen molar-refractivity contribution in [3.8, 4) is 0 Å². The number of likely N-dealkylation sites (tertiary alicyclic amines) is 1. The van der Waals surface area contributed by atoms with Crippen LogP contribution in [0.25, 0.3) is 0 Å². The Kier molecular flexibility index (Phi) is 3.23. The number of carbonyl (C=O) groups excluding carboxylic acids is 1. The molecule has 0 aromatic heterocycles. The summed E-state index contributed by atoms with van der Waals surface area (Å²) in [4.78, 5) is 15.9. The highest BCUT2D eigenvalue weighted by molar-refractivity contribution is 5.83. The van der Waals surface area contributed by atoms with Crippen LogP contribution in [-0.4, -0.2) is 67.7 Å². The van der Waals surface area contributed by atoms with Crippen molar-refractivity contribution in [3.63, 3.8) is 0 Å². The molecule has 0 radical (unpaired) electrons. The molecule has 2 atom stereocenters. The Morgan fingerprint density at radius 1 is 1.53 bits per heavy atom. The minimum absolute atomic E-state index is 0.0347. The number of carbonyl (C=O) groups is 1. The fourth-order valence-electron chi connectivity index (χ4n) is 2.39. The van der Waals surface area contributed by atoms with E-state index in [1.165, 1.54) is 0 Å². The van der Waals surface area contributed by atoms with Gasteiger partial charge in [-0.15, -0.1) is 0 Å². The second kappa shape index (κ2) is 4.47. The molecule has 0 saturated carbocycles. The van der Waals surface area contributed by atoms with Gasteiger partial charge < -0.3 is 15.4 Å². The lowest BCUT2D eigenvalue weighted by Crippen LogP contribution is -2.55. The normalized spacial score (nSPS) is 33.7. The van der Waals surface area contributed by atoms with E-state index in [1.807, 2.05) is 7.05 Å². The first-order valence-electron chi connectivity index (χ1n) is 5.52. The van der Waals surface area contributed by atoms with E-state index in [4.69, 9.17) is 10.5 Å². The molecular weight excluding hydrogens is 194 g/mol. The Labute approximate surface area is 90.1 Å². The lowest BCUT2D eigenvalue weighted by molar-refractivity contribution is -0.134. The van der Waals surface area contributed by atoms with E-state index in [9.17, 15) is 4.79 Å². The Morgan fingerprint density at radius 2 is 2.33 bits per heavy atom. The van der Waals surface area contributed by atoms with Crippen LogP contribution in [0.2, 0.25) is 0 Å². The SMILES string of the molecule is CN1CCC(N2CCOCC2CN)C1=O. The Bertz CT molecular complexity index is 247. The quantitative estimate of drug-likeness (QED) is 0.631. The fraction of sp³-hybridized carbons (Fsp3) is 0.900. The van der Waals surface area contributed by atoms with Crippen LogP contribution >= 0.6 is 0 Å². The molecule has 2 aliphatic rings. The topological polar surface area (TPSA) is 58.8 Å². The molecule has 1 amide bonds. The zero-order valence-electron chi connectivity index (χ0n) is 9.19. The molecule has 2 fully saturated rings. The third-order valence-corrected chi connectivity index (χ3v) is 3.34. The van der Waals surface area contributed by atoms with Gasteiger partial charge in [-0.05, 0) is 6.42 Å². The van der Waals surface area contributed by atoms with Crippen molar-refractivity contribution in [2.75, 3.05) is 39.9 Å². The molecule has 2 saturated heterocycles. The molecule has 2 heterocycles. The monoisotopic (exact) mass is 213 g/mol. The molecule has 86 valence electrons. The summed E-state index contributed by atoms with van der Waals surface area (Å²) in [6.07, 6.45) is 0.922. The van der Waals surface area contributed by atoms with E-state index in [0.717, 1.165) is 19.5 Å². The standard InChI is InChI=1S/C10H19N3O2/c1-12-3-2-9(10(12)14)13-4-5-15-7-8(13)6-11/h8-9H,2-7,11H2,1H3. The van der Waals surface area contributed by atoms with Crippen LogP contribution in [0, 0.1) is 0 Å². The minimum Gasteiger partial charge on any atom is -0.378 e. The Balaban J connectivity index is 2.04. The van der Waals surface area contributed by atoms with Crippen LogP contribution < -0.4 is 5.73 Å². The first kappa shape index (κ1) is 10.9. The smallest absolute Gasteiger partial charge is 0.239 e. The van der Waals surface area contributed by atoms with Crippen molar-refractivity contribution < 1.29 is 9.53 Å². The van der Waals surface area contributed by atoms with E-state index in [-0.39, 0.29) is 18.0 Å². The highest BCUT2D eigenvalue weighted by Crippen LogP contribution is 2.19. The van der Waals surface area contributed by atoms with Gasteiger partial charge >= 0.3 is 0 Å². The summed E-state index contributed by atoms with van der Waals surface area (Å²) in [7, 11) is 1.86. The van der Waals surface area contributed by atoms with E-state index >= 15 is 0 Å². The van der Waals surface area contributed by atoms with Crippen molar-refractivity contribution in [1.82, 2.24) is 9.80 Å². The molecule has 2 N–H and O–H groups in total. The maximum atomic E-state index is 11.9. The summed E-state index contributed by atoms with van der Waals surface area (Å²) >= 11 is 0. The highest BCUT2D eigenvalue weighted by atomic mass is 16.5. The molecule has 0 spiro atoms. The van der Waals surface area contributed by atoms with Crippen LogP contribution in [0.5, 0.6) is 0 Å². The third-order valence-electron chi connectivity index (χ3n) is 3.34. The zero-order valence-corrected chi connectivity index (χ0v) is 9.19. The van der Waals surface area contributed by atoms with Gasteiger partial charge in [0.05, 0.1) is 19.3 Å². The van der Waals surface area contributed by atoms with E-state index in [1.54, 1.807) is 4.90 Å². The predicted octanol–water partition coefficient (Wildman–Crippen LogP) is -1.12. The second-order valence-corrected chi connectivity index (χ2v) is 4.27. The van der Waals surface area contributed by atoms with Crippen molar-refractivity contribution in [3.05, 3.63) is 0 Å². The van der Waals surface area contributed by atoms with Crippen LogP contribution in [0.4, 0.5) is 0 Å². The number of nitrogens with two attached hydrogens (primary N) is 1. The minimum atomic E-state index is 0.0347. The number of likely N-dealkylation sites (N-methyl/N-ethyl adjacent to an activating group) is 1.